The molecule has 0 radical (unpaired) electrons. The van der Waals surface area contributed by atoms with Crippen molar-refractivity contribution in [2.45, 2.75) is 57.5 Å². The number of likely N-dealkylation sites (tertiary alicyclic amines) is 1. The minimum Gasteiger partial charge on any atom is -0.381 e. The number of aryl methyl sites for hydroxylation is 1. The maximum Gasteiger partial charge on any atom is 0.223 e. The molecule has 3 aliphatic rings. The maximum absolute atomic E-state index is 12.9. The van der Waals surface area contributed by atoms with E-state index >= 15 is 0 Å². The second-order valence-electron chi connectivity index (χ2n) is 8.24. The number of carbonyl (C=O) groups is 1. The van der Waals surface area contributed by atoms with Crippen LogP contribution in [0.1, 0.15) is 55.8 Å². The molecule has 2 saturated heterocycles. The van der Waals surface area contributed by atoms with Gasteiger partial charge in [0.1, 0.15) is 0 Å². The van der Waals surface area contributed by atoms with Crippen molar-refractivity contribution < 1.29 is 9.53 Å². The summed E-state index contributed by atoms with van der Waals surface area (Å²) in [7, 11) is 0. The standard InChI is InChI=1S/C21H31N3O2/c1-15-4-9-22-19(14-15)20(16-2-3-16)23-21(25)17-5-10-24(11-6-17)18-7-12-26-13-8-18/h4,9,14,16-18,20H,2-3,5-8,10-13H2,1H3,(H,23,25)/t20-/m0/s1. The average molecular weight is 357 g/mol. The smallest absolute Gasteiger partial charge is 0.223 e. The summed E-state index contributed by atoms with van der Waals surface area (Å²) >= 11 is 0. The molecule has 142 valence electrons. The first-order valence-electron chi connectivity index (χ1n) is 10.3. The Morgan fingerprint density at radius 2 is 1.92 bits per heavy atom. The Hall–Kier alpha value is -1.46. The van der Waals surface area contributed by atoms with E-state index in [2.05, 4.69) is 28.2 Å². The molecule has 4 rings (SSSR count). The Labute approximate surface area is 156 Å². The van der Waals surface area contributed by atoms with Gasteiger partial charge in [-0.05, 0) is 82.2 Å². The largest absolute Gasteiger partial charge is 0.381 e. The van der Waals surface area contributed by atoms with Crippen LogP contribution in [0.3, 0.4) is 0 Å². The van der Waals surface area contributed by atoms with E-state index in [1.165, 1.54) is 18.4 Å². The zero-order valence-electron chi connectivity index (χ0n) is 15.8. The first kappa shape index (κ1) is 17.9. The van der Waals surface area contributed by atoms with E-state index in [1.54, 1.807) is 0 Å². The van der Waals surface area contributed by atoms with E-state index in [9.17, 15) is 4.79 Å². The van der Waals surface area contributed by atoms with E-state index in [0.717, 1.165) is 57.7 Å². The molecule has 0 spiro atoms. The Morgan fingerprint density at radius 3 is 2.58 bits per heavy atom. The van der Waals surface area contributed by atoms with Crippen LogP contribution in [-0.4, -0.2) is 48.1 Å². The first-order valence-corrected chi connectivity index (χ1v) is 10.3. The van der Waals surface area contributed by atoms with Crippen LogP contribution in [-0.2, 0) is 9.53 Å². The lowest BCUT2D eigenvalue weighted by atomic mass is 9.92. The van der Waals surface area contributed by atoms with E-state index in [4.69, 9.17) is 4.74 Å². The average Bonchev–Trinajstić information content (AvgIpc) is 3.52. The van der Waals surface area contributed by atoms with Gasteiger partial charge in [-0.25, -0.2) is 0 Å². The summed E-state index contributed by atoms with van der Waals surface area (Å²) in [4.78, 5) is 20.0. The summed E-state index contributed by atoms with van der Waals surface area (Å²) in [6, 6.07) is 4.89. The van der Waals surface area contributed by atoms with Crippen molar-refractivity contribution in [1.82, 2.24) is 15.2 Å². The zero-order chi connectivity index (χ0) is 17.9. The second-order valence-corrected chi connectivity index (χ2v) is 8.24. The minimum atomic E-state index is 0.0934. The molecule has 1 saturated carbocycles. The van der Waals surface area contributed by atoms with E-state index in [-0.39, 0.29) is 17.9 Å². The number of piperidine rings is 1. The molecule has 1 aromatic rings. The highest BCUT2D eigenvalue weighted by atomic mass is 16.5. The molecule has 5 nitrogen and oxygen atoms in total. The fourth-order valence-corrected chi connectivity index (χ4v) is 4.44. The van der Waals surface area contributed by atoms with Crippen molar-refractivity contribution in [3.05, 3.63) is 29.6 Å². The molecule has 5 heteroatoms. The highest BCUT2D eigenvalue weighted by Gasteiger charge is 2.36. The van der Waals surface area contributed by atoms with Crippen LogP contribution in [0.5, 0.6) is 0 Å². The highest BCUT2D eigenvalue weighted by molar-refractivity contribution is 5.79. The molecule has 1 aromatic heterocycles. The molecule has 3 fully saturated rings. The number of rotatable bonds is 5. The van der Waals surface area contributed by atoms with Crippen LogP contribution >= 0.6 is 0 Å². The van der Waals surface area contributed by atoms with E-state index in [1.807, 2.05) is 12.3 Å². The molecule has 2 aliphatic heterocycles. The lowest BCUT2D eigenvalue weighted by Gasteiger charge is -2.39. The van der Waals surface area contributed by atoms with Gasteiger partial charge in [-0.1, -0.05) is 0 Å². The van der Waals surface area contributed by atoms with Gasteiger partial charge >= 0.3 is 0 Å². The highest BCUT2D eigenvalue weighted by Crippen LogP contribution is 2.41. The van der Waals surface area contributed by atoms with Crippen molar-refractivity contribution in [2.75, 3.05) is 26.3 Å². The predicted octanol–water partition coefficient (Wildman–Crippen LogP) is 2.85. The number of amides is 1. The molecular formula is C21H31N3O2. The van der Waals surface area contributed by atoms with Gasteiger partial charge in [0.15, 0.2) is 0 Å². The van der Waals surface area contributed by atoms with Crippen LogP contribution in [0.4, 0.5) is 0 Å². The van der Waals surface area contributed by atoms with Gasteiger partial charge in [0.05, 0.1) is 11.7 Å². The summed E-state index contributed by atoms with van der Waals surface area (Å²) in [6.07, 6.45) is 8.48. The molecular weight excluding hydrogens is 326 g/mol. The molecule has 0 bridgehead atoms. The minimum absolute atomic E-state index is 0.0934. The van der Waals surface area contributed by atoms with Gasteiger partial charge in [0.25, 0.3) is 0 Å². The molecule has 0 aromatic carbocycles. The Kier molecular flexibility index (Phi) is 5.55. The third-order valence-electron chi connectivity index (χ3n) is 6.25. The summed E-state index contributed by atoms with van der Waals surface area (Å²) in [5, 5.41) is 3.35. The van der Waals surface area contributed by atoms with E-state index in [0.29, 0.717) is 12.0 Å². The van der Waals surface area contributed by atoms with Crippen molar-refractivity contribution in [1.29, 1.82) is 0 Å². The topological polar surface area (TPSA) is 54.5 Å². The van der Waals surface area contributed by atoms with Crippen LogP contribution in [0, 0.1) is 18.8 Å². The molecule has 1 amide bonds. The van der Waals surface area contributed by atoms with Gasteiger partial charge in [-0.3, -0.25) is 9.78 Å². The lowest BCUT2D eigenvalue weighted by molar-refractivity contribution is -0.127. The van der Waals surface area contributed by atoms with Crippen molar-refractivity contribution >= 4 is 5.91 Å². The predicted molar refractivity (Wildman–Crippen MR) is 101 cm³/mol. The number of ether oxygens (including phenoxy) is 1. The summed E-state index contributed by atoms with van der Waals surface area (Å²) in [5.74, 6) is 0.949. The maximum atomic E-state index is 12.9. The van der Waals surface area contributed by atoms with Crippen molar-refractivity contribution in [3.63, 3.8) is 0 Å². The third-order valence-corrected chi connectivity index (χ3v) is 6.25. The second kappa shape index (κ2) is 8.05. The number of nitrogens with zero attached hydrogens (tertiary/aromatic N) is 2. The number of carbonyl (C=O) groups excluding carboxylic acids is 1. The molecule has 0 unspecified atom stereocenters. The lowest BCUT2D eigenvalue weighted by Crippen LogP contribution is -2.47. The van der Waals surface area contributed by atoms with Gasteiger partial charge < -0.3 is 15.0 Å². The normalized spacial score (nSPS) is 24.3. The fraction of sp³-hybridized carbons (Fsp3) is 0.714. The first-order chi connectivity index (χ1) is 12.7. The number of nitrogens with one attached hydrogen (secondary N) is 1. The van der Waals surface area contributed by atoms with Gasteiger partial charge in [0.2, 0.25) is 5.91 Å². The summed E-state index contributed by atoms with van der Waals surface area (Å²) in [5.41, 5.74) is 2.24. The number of hydrogen-bond donors (Lipinski definition) is 1. The van der Waals surface area contributed by atoms with Gasteiger partial charge in [-0.15, -0.1) is 0 Å². The number of aromatic nitrogens is 1. The molecule has 1 atom stereocenters. The van der Waals surface area contributed by atoms with Crippen molar-refractivity contribution in [2.24, 2.45) is 11.8 Å². The third kappa shape index (κ3) is 4.26. The SMILES string of the molecule is Cc1ccnc([C@@H](NC(=O)C2CCN(C3CCOCC3)CC2)C2CC2)c1. The molecule has 26 heavy (non-hydrogen) atoms. The van der Waals surface area contributed by atoms with Crippen molar-refractivity contribution in [3.8, 4) is 0 Å². The Morgan fingerprint density at radius 1 is 1.19 bits per heavy atom. The van der Waals surface area contributed by atoms with Crippen LogP contribution in [0.2, 0.25) is 0 Å². The summed E-state index contributed by atoms with van der Waals surface area (Å²) < 4.78 is 5.48. The van der Waals surface area contributed by atoms with Gasteiger partial charge in [-0.2, -0.15) is 0 Å². The fourth-order valence-electron chi connectivity index (χ4n) is 4.44. The molecule has 1 aliphatic carbocycles. The molecule has 3 heterocycles. The molecule has 1 N–H and O–H groups in total. The van der Waals surface area contributed by atoms with E-state index < -0.39 is 0 Å². The quantitative estimate of drug-likeness (QED) is 0.880. The monoisotopic (exact) mass is 357 g/mol. The van der Waals surface area contributed by atoms with Crippen LogP contribution in [0.15, 0.2) is 18.3 Å². The number of hydrogen-bond acceptors (Lipinski definition) is 4. The zero-order valence-corrected chi connectivity index (χ0v) is 15.8. The van der Waals surface area contributed by atoms with Crippen LogP contribution in [0.25, 0.3) is 0 Å². The Bertz CT molecular complexity index is 617. The Balaban J connectivity index is 1.33. The summed E-state index contributed by atoms with van der Waals surface area (Å²) in [6.45, 7) is 5.94. The van der Waals surface area contributed by atoms with Crippen LogP contribution < -0.4 is 5.32 Å². The number of pyridine rings is 1. The van der Waals surface area contributed by atoms with Gasteiger partial charge in [0, 0.05) is 31.4 Å².